The summed E-state index contributed by atoms with van der Waals surface area (Å²) in [5.41, 5.74) is 0. The minimum Gasteiger partial charge on any atom is -0.379 e. The lowest BCUT2D eigenvalue weighted by Crippen LogP contribution is -2.47. The van der Waals surface area contributed by atoms with Crippen LogP contribution in [-0.4, -0.2) is 52.2 Å². The minimum absolute atomic E-state index is 0.133. The van der Waals surface area contributed by atoms with Crippen LogP contribution in [0.5, 0.6) is 0 Å². The Morgan fingerprint density at radius 3 is 1.79 bits per heavy atom. The summed E-state index contributed by atoms with van der Waals surface area (Å²) in [6.07, 6.45) is 10.8. The predicted molar refractivity (Wildman–Crippen MR) is 116 cm³/mol. The van der Waals surface area contributed by atoms with E-state index in [0.717, 1.165) is 25.9 Å². The van der Waals surface area contributed by atoms with Crippen molar-refractivity contribution in [1.82, 2.24) is 0 Å². The highest BCUT2D eigenvalue weighted by atomic mass is 16.9. The Morgan fingerprint density at radius 2 is 1.25 bits per heavy atom. The largest absolute Gasteiger partial charge is 0.379 e. The van der Waals surface area contributed by atoms with Crippen molar-refractivity contribution in [2.75, 3.05) is 40.1 Å². The van der Waals surface area contributed by atoms with Crippen molar-refractivity contribution in [3.05, 3.63) is 0 Å². The molecule has 0 heterocycles. The highest BCUT2D eigenvalue weighted by Crippen LogP contribution is 2.34. The molecule has 0 saturated carbocycles. The third kappa shape index (κ3) is 12.4. The Morgan fingerprint density at radius 1 is 0.714 bits per heavy atom. The van der Waals surface area contributed by atoms with Crippen LogP contribution in [0.2, 0.25) is 0 Å². The van der Waals surface area contributed by atoms with Gasteiger partial charge in [-0.2, -0.15) is 0 Å². The van der Waals surface area contributed by atoms with Gasteiger partial charge in [0.15, 0.2) is 0 Å². The van der Waals surface area contributed by atoms with Crippen molar-refractivity contribution in [3.8, 4) is 0 Å². The normalized spacial score (nSPS) is 14.4. The van der Waals surface area contributed by atoms with Gasteiger partial charge >= 0.3 is 0 Å². The SMILES string of the molecule is CCCCCCCCC(CCCOCC(C)OC)C(OCC)(OCC)OCC. The smallest absolute Gasteiger partial charge is 0.285 e. The number of unbranched alkanes of at least 4 members (excludes halogenated alkanes) is 5. The molecule has 5 nitrogen and oxygen atoms in total. The molecular weight excluding hydrogens is 356 g/mol. The number of hydrogen-bond acceptors (Lipinski definition) is 5. The molecule has 0 aliphatic rings. The van der Waals surface area contributed by atoms with Crippen molar-refractivity contribution in [1.29, 1.82) is 0 Å². The average molecular weight is 405 g/mol. The van der Waals surface area contributed by atoms with Gasteiger partial charge in [0, 0.05) is 39.5 Å². The first kappa shape index (κ1) is 27.8. The summed E-state index contributed by atoms with van der Waals surface area (Å²) in [7, 11) is 1.71. The molecule has 0 aromatic carbocycles. The first-order valence-corrected chi connectivity index (χ1v) is 11.6. The molecule has 0 N–H and O–H groups in total. The Balaban J connectivity index is 4.76. The highest BCUT2D eigenvalue weighted by Gasteiger charge is 2.41. The van der Waals surface area contributed by atoms with Crippen molar-refractivity contribution >= 4 is 0 Å². The maximum Gasteiger partial charge on any atom is 0.285 e. The van der Waals surface area contributed by atoms with Gasteiger partial charge in [-0.05, 0) is 47.0 Å². The third-order valence-electron chi connectivity index (χ3n) is 5.04. The van der Waals surface area contributed by atoms with Gasteiger partial charge in [-0.25, -0.2) is 0 Å². The Labute approximate surface area is 174 Å². The van der Waals surface area contributed by atoms with Crippen LogP contribution in [0.1, 0.15) is 92.4 Å². The molecule has 2 atom stereocenters. The lowest BCUT2D eigenvalue weighted by atomic mass is 9.93. The zero-order valence-corrected chi connectivity index (χ0v) is 19.6. The third-order valence-corrected chi connectivity index (χ3v) is 5.04. The molecule has 0 aromatic rings. The van der Waals surface area contributed by atoms with E-state index in [-0.39, 0.29) is 12.0 Å². The number of ether oxygens (including phenoxy) is 5. The molecule has 0 bridgehead atoms. The summed E-state index contributed by atoms with van der Waals surface area (Å²) in [4.78, 5) is 0. The fourth-order valence-corrected chi connectivity index (χ4v) is 3.50. The summed E-state index contributed by atoms with van der Waals surface area (Å²) in [6, 6.07) is 0. The van der Waals surface area contributed by atoms with Crippen LogP contribution < -0.4 is 0 Å². The highest BCUT2D eigenvalue weighted by molar-refractivity contribution is 4.73. The van der Waals surface area contributed by atoms with E-state index in [1.54, 1.807) is 7.11 Å². The standard InChI is InChI=1S/C23H48O5/c1-7-11-12-13-14-15-17-22(18-16-19-25-20-21(5)24-6)23(26-8-2,27-9-3)28-10-4/h21-22H,7-20H2,1-6H3. The fourth-order valence-electron chi connectivity index (χ4n) is 3.50. The number of methoxy groups -OCH3 is 1. The maximum atomic E-state index is 6.08. The molecule has 5 heteroatoms. The van der Waals surface area contributed by atoms with Gasteiger partial charge in [0.1, 0.15) is 0 Å². The lowest BCUT2D eigenvalue weighted by molar-refractivity contribution is -0.403. The first-order chi connectivity index (χ1) is 13.6. The molecule has 0 aromatic heterocycles. The van der Waals surface area contributed by atoms with E-state index in [4.69, 9.17) is 23.7 Å². The average Bonchev–Trinajstić information content (AvgIpc) is 2.68. The molecule has 0 fully saturated rings. The molecule has 0 spiro atoms. The molecule has 0 rings (SSSR count). The van der Waals surface area contributed by atoms with Gasteiger partial charge < -0.3 is 23.7 Å². The van der Waals surface area contributed by atoms with Crippen molar-refractivity contribution in [3.63, 3.8) is 0 Å². The summed E-state index contributed by atoms with van der Waals surface area (Å²) in [6.45, 7) is 13.4. The van der Waals surface area contributed by atoms with E-state index < -0.39 is 5.97 Å². The lowest BCUT2D eigenvalue weighted by Gasteiger charge is -2.39. The van der Waals surface area contributed by atoms with E-state index in [1.807, 2.05) is 27.7 Å². The fraction of sp³-hybridized carbons (Fsp3) is 1.00. The molecule has 28 heavy (non-hydrogen) atoms. The van der Waals surface area contributed by atoms with Crippen molar-refractivity contribution in [2.24, 2.45) is 5.92 Å². The van der Waals surface area contributed by atoms with Crippen LogP contribution >= 0.6 is 0 Å². The number of rotatable bonds is 21. The topological polar surface area (TPSA) is 46.2 Å². The van der Waals surface area contributed by atoms with Crippen molar-refractivity contribution < 1.29 is 23.7 Å². The van der Waals surface area contributed by atoms with E-state index in [0.29, 0.717) is 26.4 Å². The molecule has 0 radical (unpaired) electrons. The van der Waals surface area contributed by atoms with Gasteiger partial charge in [0.2, 0.25) is 0 Å². The predicted octanol–water partition coefficient (Wildman–Crippen LogP) is 5.95. The van der Waals surface area contributed by atoms with E-state index in [9.17, 15) is 0 Å². The molecule has 170 valence electrons. The molecule has 0 aliphatic heterocycles. The van der Waals surface area contributed by atoms with Gasteiger partial charge in [-0.3, -0.25) is 0 Å². The second kappa shape index (κ2) is 18.8. The van der Waals surface area contributed by atoms with E-state index >= 15 is 0 Å². The van der Waals surface area contributed by atoms with Crippen LogP contribution in [0.4, 0.5) is 0 Å². The molecule has 0 saturated heterocycles. The van der Waals surface area contributed by atoms with E-state index in [2.05, 4.69) is 6.92 Å². The summed E-state index contributed by atoms with van der Waals surface area (Å²) in [5.74, 6) is -0.719. The van der Waals surface area contributed by atoms with Crippen LogP contribution in [0.3, 0.4) is 0 Å². The first-order valence-electron chi connectivity index (χ1n) is 11.6. The zero-order chi connectivity index (χ0) is 21.1. The van der Waals surface area contributed by atoms with E-state index in [1.165, 1.54) is 38.5 Å². The minimum atomic E-state index is -0.929. The summed E-state index contributed by atoms with van der Waals surface area (Å²) in [5, 5.41) is 0. The second-order valence-electron chi connectivity index (χ2n) is 7.42. The summed E-state index contributed by atoms with van der Waals surface area (Å²) < 4.78 is 29.2. The van der Waals surface area contributed by atoms with Gasteiger partial charge in [0.05, 0.1) is 12.7 Å². The Bertz CT molecular complexity index is 307. The monoisotopic (exact) mass is 404 g/mol. The van der Waals surface area contributed by atoms with Gasteiger partial charge in [-0.15, -0.1) is 0 Å². The molecule has 2 unspecified atom stereocenters. The van der Waals surface area contributed by atoms with Crippen LogP contribution in [0, 0.1) is 5.92 Å². The summed E-state index contributed by atoms with van der Waals surface area (Å²) >= 11 is 0. The quantitative estimate of drug-likeness (QED) is 0.175. The molecule has 0 amide bonds. The van der Waals surface area contributed by atoms with Gasteiger partial charge in [0.25, 0.3) is 5.97 Å². The Kier molecular flexibility index (Phi) is 18.7. The van der Waals surface area contributed by atoms with Crippen LogP contribution in [0.15, 0.2) is 0 Å². The number of hydrogen-bond donors (Lipinski definition) is 0. The Hall–Kier alpha value is -0.200. The van der Waals surface area contributed by atoms with Gasteiger partial charge in [-0.1, -0.05) is 45.4 Å². The zero-order valence-electron chi connectivity index (χ0n) is 19.6. The van der Waals surface area contributed by atoms with Crippen LogP contribution in [-0.2, 0) is 23.7 Å². The molecule has 0 aliphatic carbocycles. The van der Waals surface area contributed by atoms with Crippen molar-refractivity contribution in [2.45, 2.75) is 104 Å². The maximum absolute atomic E-state index is 6.08. The van der Waals surface area contributed by atoms with Crippen LogP contribution in [0.25, 0.3) is 0 Å². The second-order valence-corrected chi connectivity index (χ2v) is 7.42. The molecular formula is C23H48O5.